The predicted octanol–water partition coefficient (Wildman–Crippen LogP) is 1.36. The van der Waals surface area contributed by atoms with Crippen molar-refractivity contribution >= 4 is 26.6 Å². The fraction of sp³-hybridized carbons (Fsp3) is 0.364. The summed E-state index contributed by atoms with van der Waals surface area (Å²) in [5.41, 5.74) is 3.00. The quantitative estimate of drug-likeness (QED) is 0.612. The highest BCUT2D eigenvalue weighted by Gasteiger charge is 2.29. The molecule has 9 heteroatoms. The molecule has 3 aromatic rings. The Morgan fingerprint density at radius 2 is 1.55 bits per heavy atom. The van der Waals surface area contributed by atoms with Crippen molar-refractivity contribution in [2.75, 3.05) is 31.1 Å². The Kier molecular flexibility index (Phi) is 5.26. The number of fused-ring (bicyclic) bond motifs is 1. The standard InChI is InChI=1S/C22H26N4O4S/c1-15-6-5-7-19(16(15)2)25-10-12-26(13-11-25)31(29,30)17-8-9-20-18(14-17)21(27)24(4)22(28)23(20)3/h5-9,14H,10-13H2,1-4H3. The molecule has 0 N–H and O–H groups in total. The van der Waals surface area contributed by atoms with E-state index in [1.54, 1.807) is 7.05 Å². The molecule has 0 amide bonds. The molecular formula is C22H26N4O4S. The van der Waals surface area contributed by atoms with Crippen LogP contribution in [-0.4, -0.2) is 48.0 Å². The van der Waals surface area contributed by atoms with Gasteiger partial charge in [0.15, 0.2) is 0 Å². The van der Waals surface area contributed by atoms with Crippen LogP contribution in [0.25, 0.3) is 10.9 Å². The van der Waals surface area contributed by atoms with E-state index in [9.17, 15) is 18.0 Å². The van der Waals surface area contributed by atoms with Crippen LogP contribution in [0, 0.1) is 13.8 Å². The number of aromatic nitrogens is 2. The van der Waals surface area contributed by atoms with E-state index in [1.807, 2.05) is 6.07 Å². The average molecular weight is 443 g/mol. The van der Waals surface area contributed by atoms with Crippen LogP contribution in [0.2, 0.25) is 0 Å². The lowest BCUT2D eigenvalue weighted by atomic mass is 10.1. The van der Waals surface area contributed by atoms with Crippen molar-refractivity contribution in [3.63, 3.8) is 0 Å². The van der Waals surface area contributed by atoms with Gasteiger partial charge >= 0.3 is 5.69 Å². The summed E-state index contributed by atoms with van der Waals surface area (Å²) < 4.78 is 30.3. The molecule has 0 radical (unpaired) electrons. The lowest BCUT2D eigenvalue weighted by molar-refractivity contribution is 0.385. The van der Waals surface area contributed by atoms with Gasteiger partial charge in [-0.25, -0.2) is 13.2 Å². The first-order chi connectivity index (χ1) is 14.6. The average Bonchev–Trinajstić information content (AvgIpc) is 2.77. The number of benzene rings is 2. The summed E-state index contributed by atoms with van der Waals surface area (Å²) in [5.74, 6) is 0. The lowest BCUT2D eigenvalue weighted by Gasteiger charge is -2.36. The molecule has 0 aliphatic carbocycles. The van der Waals surface area contributed by atoms with Crippen molar-refractivity contribution in [2.45, 2.75) is 18.7 Å². The number of nitrogens with zero attached hydrogens (tertiary/aromatic N) is 4. The number of piperazine rings is 1. The highest BCUT2D eigenvalue weighted by molar-refractivity contribution is 7.89. The van der Waals surface area contributed by atoms with Crippen LogP contribution in [0.15, 0.2) is 50.9 Å². The molecule has 31 heavy (non-hydrogen) atoms. The Morgan fingerprint density at radius 1 is 0.871 bits per heavy atom. The van der Waals surface area contributed by atoms with E-state index in [4.69, 9.17) is 0 Å². The normalized spacial score (nSPS) is 15.5. The van der Waals surface area contributed by atoms with Crippen LogP contribution >= 0.6 is 0 Å². The van der Waals surface area contributed by atoms with Gasteiger partial charge in [0.1, 0.15) is 0 Å². The van der Waals surface area contributed by atoms with Crippen molar-refractivity contribution in [1.29, 1.82) is 0 Å². The van der Waals surface area contributed by atoms with E-state index < -0.39 is 21.3 Å². The van der Waals surface area contributed by atoms with Crippen LogP contribution < -0.4 is 16.1 Å². The minimum absolute atomic E-state index is 0.0657. The molecule has 164 valence electrons. The van der Waals surface area contributed by atoms with E-state index in [-0.39, 0.29) is 10.3 Å². The molecule has 0 atom stereocenters. The summed E-state index contributed by atoms with van der Waals surface area (Å²) >= 11 is 0. The smallest absolute Gasteiger partial charge is 0.330 e. The Balaban J connectivity index is 1.64. The SMILES string of the molecule is Cc1cccc(N2CCN(S(=O)(=O)c3ccc4c(c3)c(=O)n(C)c(=O)n4C)CC2)c1C. The molecule has 2 aromatic carbocycles. The summed E-state index contributed by atoms with van der Waals surface area (Å²) in [6.07, 6.45) is 0. The van der Waals surface area contributed by atoms with Crippen molar-refractivity contribution in [3.05, 3.63) is 68.4 Å². The first-order valence-electron chi connectivity index (χ1n) is 10.1. The molecular weight excluding hydrogens is 416 g/mol. The Bertz CT molecular complexity index is 1400. The highest BCUT2D eigenvalue weighted by atomic mass is 32.2. The zero-order chi connectivity index (χ0) is 22.5. The first kappa shape index (κ1) is 21.3. The van der Waals surface area contributed by atoms with Gasteiger partial charge in [0.2, 0.25) is 10.0 Å². The van der Waals surface area contributed by atoms with E-state index in [0.29, 0.717) is 31.7 Å². The van der Waals surface area contributed by atoms with Crippen molar-refractivity contribution in [2.24, 2.45) is 14.1 Å². The maximum Gasteiger partial charge on any atom is 0.330 e. The van der Waals surface area contributed by atoms with Gasteiger partial charge in [-0.2, -0.15) is 4.31 Å². The second kappa shape index (κ2) is 7.65. The van der Waals surface area contributed by atoms with Crippen molar-refractivity contribution < 1.29 is 8.42 Å². The van der Waals surface area contributed by atoms with Crippen LogP contribution in [0.1, 0.15) is 11.1 Å². The minimum Gasteiger partial charge on any atom is -0.369 e. The molecule has 0 unspecified atom stereocenters. The van der Waals surface area contributed by atoms with Gasteiger partial charge < -0.3 is 4.90 Å². The number of hydrogen-bond donors (Lipinski definition) is 0. The van der Waals surface area contributed by atoms with E-state index >= 15 is 0 Å². The number of rotatable bonds is 3. The monoisotopic (exact) mass is 442 g/mol. The minimum atomic E-state index is -3.76. The zero-order valence-corrected chi connectivity index (χ0v) is 18.9. The third-order valence-corrected chi connectivity index (χ3v) is 8.13. The Labute approximate surface area is 181 Å². The predicted molar refractivity (Wildman–Crippen MR) is 121 cm³/mol. The Hall–Kier alpha value is -2.91. The maximum absolute atomic E-state index is 13.3. The molecule has 0 saturated carbocycles. The van der Waals surface area contributed by atoms with Crippen molar-refractivity contribution in [3.8, 4) is 0 Å². The third kappa shape index (κ3) is 3.47. The Morgan fingerprint density at radius 3 is 2.23 bits per heavy atom. The second-order valence-corrected chi connectivity index (χ2v) is 9.93. The number of aryl methyl sites for hydroxylation is 2. The van der Waals surface area contributed by atoms with E-state index in [0.717, 1.165) is 10.3 Å². The summed E-state index contributed by atoms with van der Waals surface area (Å²) in [7, 11) is -0.812. The van der Waals surface area contributed by atoms with Crippen LogP contribution in [-0.2, 0) is 24.1 Å². The lowest BCUT2D eigenvalue weighted by Crippen LogP contribution is -2.48. The van der Waals surface area contributed by atoms with Gasteiger partial charge in [0, 0.05) is 46.0 Å². The number of anilines is 1. The van der Waals surface area contributed by atoms with Crippen molar-refractivity contribution in [1.82, 2.24) is 13.4 Å². The van der Waals surface area contributed by atoms with Gasteiger partial charge in [-0.15, -0.1) is 0 Å². The fourth-order valence-corrected chi connectivity index (χ4v) is 5.58. The number of hydrogen-bond acceptors (Lipinski definition) is 5. The summed E-state index contributed by atoms with van der Waals surface area (Å²) in [4.78, 5) is 26.9. The molecule has 4 rings (SSSR count). The summed E-state index contributed by atoms with van der Waals surface area (Å²) in [6, 6.07) is 10.5. The molecule has 1 saturated heterocycles. The molecule has 0 bridgehead atoms. The molecule has 8 nitrogen and oxygen atoms in total. The van der Waals surface area contributed by atoms with E-state index in [1.165, 1.54) is 45.2 Å². The van der Waals surface area contributed by atoms with Gasteiger partial charge in [0.25, 0.3) is 5.56 Å². The maximum atomic E-state index is 13.3. The summed E-state index contributed by atoms with van der Waals surface area (Å²) in [6.45, 7) is 6.05. The number of sulfonamides is 1. The van der Waals surface area contributed by atoms with Gasteiger partial charge in [-0.1, -0.05) is 12.1 Å². The molecule has 1 aromatic heterocycles. The van der Waals surface area contributed by atoms with Gasteiger partial charge in [-0.05, 0) is 49.2 Å². The third-order valence-electron chi connectivity index (χ3n) is 6.23. The molecule has 0 spiro atoms. The first-order valence-corrected chi connectivity index (χ1v) is 11.6. The largest absolute Gasteiger partial charge is 0.369 e. The van der Waals surface area contributed by atoms with Gasteiger partial charge in [-0.3, -0.25) is 13.9 Å². The topological polar surface area (TPSA) is 84.6 Å². The molecule has 1 aliphatic rings. The molecule has 1 fully saturated rings. The fourth-order valence-electron chi connectivity index (χ4n) is 4.13. The second-order valence-electron chi connectivity index (χ2n) is 7.99. The van der Waals surface area contributed by atoms with Crippen LogP contribution in [0.5, 0.6) is 0 Å². The highest BCUT2D eigenvalue weighted by Crippen LogP contribution is 2.26. The van der Waals surface area contributed by atoms with E-state index in [2.05, 4.69) is 30.9 Å². The molecule has 1 aliphatic heterocycles. The zero-order valence-electron chi connectivity index (χ0n) is 18.1. The van der Waals surface area contributed by atoms with Crippen LogP contribution in [0.3, 0.4) is 0 Å². The van der Waals surface area contributed by atoms with Crippen LogP contribution in [0.4, 0.5) is 5.69 Å². The summed E-state index contributed by atoms with van der Waals surface area (Å²) in [5, 5.41) is 0.208. The van der Waals surface area contributed by atoms with Gasteiger partial charge in [0.05, 0.1) is 15.8 Å². The molecule has 2 heterocycles.